The van der Waals surface area contributed by atoms with Crippen molar-refractivity contribution in [3.05, 3.63) is 0 Å². The van der Waals surface area contributed by atoms with Crippen molar-refractivity contribution in [3.8, 4) is 0 Å². The fraction of sp³-hybridized carbons (Fsp3) is 0.889. The van der Waals surface area contributed by atoms with Crippen molar-refractivity contribution in [1.29, 1.82) is 0 Å². The van der Waals surface area contributed by atoms with E-state index in [1.165, 1.54) is 19.3 Å². The predicted molar refractivity (Wildman–Crippen MR) is 97.1 cm³/mol. The maximum atomic E-state index is 12.2. The average Bonchev–Trinajstić information content (AvgIpc) is 3.40. The highest BCUT2D eigenvalue weighted by Gasteiger charge is 2.21. The van der Waals surface area contributed by atoms with E-state index in [1.54, 1.807) is 7.05 Å². The lowest BCUT2D eigenvalue weighted by molar-refractivity contribution is -0.132. The van der Waals surface area contributed by atoms with Gasteiger partial charge < -0.3 is 20.3 Å². The Kier molecular flexibility index (Phi) is 8.36. The number of hydrogen-bond donors (Lipinski definition) is 2. The Morgan fingerprint density at radius 2 is 2.04 bits per heavy atom. The fourth-order valence-electron chi connectivity index (χ4n) is 3.00. The molecule has 2 rings (SSSR count). The van der Waals surface area contributed by atoms with E-state index in [9.17, 15) is 4.79 Å². The van der Waals surface area contributed by atoms with Gasteiger partial charge in [0.1, 0.15) is 0 Å². The van der Waals surface area contributed by atoms with Crippen LogP contribution in [-0.2, 0) is 9.53 Å². The summed E-state index contributed by atoms with van der Waals surface area (Å²) in [4.78, 5) is 18.4. The average molecular weight is 338 g/mol. The number of rotatable bonds is 9. The van der Waals surface area contributed by atoms with Crippen LogP contribution in [-0.4, -0.2) is 63.2 Å². The van der Waals surface area contributed by atoms with E-state index in [0.29, 0.717) is 18.9 Å². The van der Waals surface area contributed by atoms with Gasteiger partial charge in [0, 0.05) is 52.9 Å². The number of piperidine rings is 1. The standard InChI is InChI=1S/C18H34N4O2/c1-15-5-3-11-22(13-15)17(23)8-10-21-18(19-2)20-9-4-12-24-14-16-6-7-16/h15-16H,3-14H2,1-2H3,(H2,19,20,21). The summed E-state index contributed by atoms with van der Waals surface area (Å²) >= 11 is 0. The second kappa shape index (κ2) is 10.5. The molecule has 0 aromatic carbocycles. The molecule has 6 heteroatoms. The molecule has 1 aliphatic carbocycles. The van der Waals surface area contributed by atoms with Gasteiger partial charge in [0.2, 0.25) is 5.91 Å². The predicted octanol–water partition coefficient (Wildman–Crippen LogP) is 1.62. The van der Waals surface area contributed by atoms with Crippen LogP contribution < -0.4 is 10.6 Å². The van der Waals surface area contributed by atoms with Gasteiger partial charge in [0.15, 0.2) is 5.96 Å². The first-order chi connectivity index (χ1) is 11.7. The summed E-state index contributed by atoms with van der Waals surface area (Å²) in [7, 11) is 1.76. The van der Waals surface area contributed by atoms with Crippen molar-refractivity contribution >= 4 is 11.9 Å². The zero-order valence-electron chi connectivity index (χ0n) is 15.4. The number of ether oxygens (including phenoxy) is 1. The highest BCUT2D eigenvalue weighted by atomic mass is 16.5. The van der Waals surface area contributed by atoms with Crippen LogP contribution in [0.2, 0.25) is 0 Å². The van der Waals surface area contributed by atoms with Crippen molar-refractivity contribution in [3.63, 3.8) is 0 Å². The van der Waals surface area contributed by atoms with E-state index in [4.69, 9.17) is 4.74 Å². The Bertz CT molecular complexity index is 410. The number of amides is 1. The van der Waals surface area contributed by atoms with Gasteiger partial charge in [-0.1, -0.05) is 6.92 Å². The van der Waals surface area contributed by atoms with Crippen LogP contribution in [0.4, 0.5) is 0 Å². The van der Waals surface area contributed by atoms with E-state index in [2.05, 4.69) is 22.5 Å². The van der Waals surface area contributed by atoms with Gasteiger partial charge in [0.25, 0.3) is 0 Å². The number of hydrogen-bond acceptors (Lipinski definition) is 3. The van der Waals surface area contributed by atoms with Crippen LogP contribution in [0, 0.1) is 11.8 Å². The van der Waals surface area contributed by atoms with Gasteiger partial charge in [-0.15, -0.1) is 0 Å². The van der Waals surface area contributed by atoms with Gasteiger partial charge >= 0.3 is 0 Å². The topological polar surface area (TPSA) is 66.0 Å². The van der Waals surface area contributed by atoms with Crippen LogP contribution in [0.5, 0.6) is 0 Å². The number of likely N-dealkylation sites (tertiary alicyclic amines) is 1. The molecule has 1 amide bonds. The zero-order valence-corrected chi connectivity index (χ0v) is 15.4. The van der Waals surface area contributed by atoms with Crippen molar-refractivity contribution in [2.45, 2.75) is 45.4 Å². The third kappa shape index (κ3) is 7.51. The molecule has 1 saturated carbocycles. The van der Waals surface area contributed by atoms with Crippen molar-refractivity contribution in [2.75, 3.05) is 46.4 Å². The van der Waals surface area contributed by atoms with Gasteiger partial charge in [0.05, 0.1) is 0 Å². The lowest BCUT2D eigenvalue weighted by Gasteiger charge is -2.31. The number of aliphatic imine (C=N–C) groups is 1. The van der Waals surface area contributed by atoms with Gasteiger partial charge in [-0.25, -0.2) is 0 Å². The molecule has 1 saturated heterocycles. The summed E-state index contributed by atoms with van der Waals surface area (Å²) in [5.41, 5.74) is 0. The van der Waals surface area contributed by atoms with E-state index in [1.807, 2.05) is 4.90 Å². The Labute approximate surface area is 146 Å². The quantitative estimate of drug-likeness (QED) is 0.381. The first-order valence-electron chi connectivity index (χ1n) is 9.49. The third-order valence-corrected chi connectivity index (χ3v) is 4.67. The smallest absolute Gasteiger partial charge is 0.224 e. The number of carbonyl (C=O) groups is 1. The molecule has 0 radical (unpaired) electrons. The Hall–Kier alpha value is -1.30. The number of carbonyl (C=O) groups excluding carboxylic acids is 1. The van der Waals surface area contributed by atoms with Crippen LogP contribution in [0.1, 0.15) is 45.4 Å². The second-order valence-electron chi connectivity index (χ2n) is 7.13. The largest absolute Gasteiger partial charge is 0.381 e. The molecule has 1 unspecified atom stereocenters. The van der Waals surface area contributed by atoms with E-state index < -0.39 is 0 Å². The first-order valence-corrected chi connectivity index (χ1v) is 9.49. The lowest BCUT2D eigenvalue weighted by Crippen LogP contribution is -2.42. The second-order valence-corrected chi connectivity index (χ2v) is 7.13. The molecule has 0 aromatic rings. The Balaban J connectivity index is 1.50. The Morgan fingerprint density at radius 1 is 1.25 bits per heavy atom. The molecule has 1 aliphatic heterocycles. The summed E-state index contributed by atoms with van der Waals surface area (Å²) in [6.45, 7) is 7.22. The van der Waals surface area contributed by atoms with Gasteiger partial charge in [-0.3, -0.25) is 9.79 Å². The maximum absolute atomic E-state index is 12.2. The van der Waals surface area contributed by atoms with E-state index in [-0.39, 0.29) is 5.91 Å². The molecule has 2 fully saturated rings. The highest BCUT2D eigenvalue weighted by molar-refractivity contribution is 5.81. The number of nitrogens with one attached hydrogen (secondary N) is 2. The summed E-state index contributed by atoms with van der Waals surface area (Å²) in [5, 5.41) is 6.49. The lowest BCUT2D eigenvalue weighted by atomic mass is 10.00. The summed E-state index contributed by atoms with van der Waals surface area (Å²) in [6, 6.07) is 0. The first kappa shape index (κ1) is 19.0. The van der Waals surface area contributed by atoms with Crippen molar-refractivity contribution in [2.24, 2.45) is 16.8 Å². The SMILES string of the molecule is CN=C(NCCCOCC1CC1)NCCC(=O)N1CCCC(C)C1. The van der Waals surface area contributed by atoms with Crippen molar-refractivity contribution in [1.82, 2.24) is 15.5 Å². The van der Waals surface area contributed by atoms with Crippen LogP contribution >= 0.6 is 0 Å². The zero-order chi connectivity index (χ0) is 17.2. The maximum Gasteiger partial charge on any atom is 0.224 e. The van der Waals surface area contributed by atoms with E-state index >= 15 is 0 Å². The number of nitrogens with zero attached hydrogens (tertiary/aromatic N) is 2. The molecule has 0 bridgehead atoms. The molecule has 138 valence electrons. The summed E-state index contributed by atoms with van der Waals surface area (Å²) < 4.78 is 5.61. The molecule has 2 aliphatic rings. The Morgan fingerprint density at radius 3 is 2.75 bits per heavy atom. The molecule has 2 N–H and O–H groups in total. The monoisotopic (exact) mass is 338 g/mol. The van der Waals surface area contributed by atoms with Gasteiger partial charge in [-0.2, -0.15) is 0 Å². The van der Waals surface area contributed by atoms with Crippen LogP contribution in [0.25, 0.3) is 0 Å². The minimum Gasteiger partial charge on any atom is -0.381 e. The molecule has 1 atom stereocenters. The molecule has 6 nitrogen and oxygen atoms in total. The normalized spacial score (nSPS) is 21.7. The van der Waals surface area contributed by atoms with Crippen LogP contribution in [0.15, 0.2) is 4.99 Å². The van der Waals surface area contributed by atoms with E-state index in [0.717, 1.165) is 57.6 Å². The van der Waals surface area contributed by atoms with Crippen molar-refractivity contribution < 1.29 is 9.53 Å². The summed E-state index contributed by atoms with van der Waals surface area (Å²) in [5.74, 6) is 2.47. The molecule has 24 heavy (non-hydrogen) atoms. The fourth-order valence-corrected chi connectivity index (χ4v) is 3.00. The molecular weight excluding hydrogens is 304 g/mol. The third-order valence-electron chi connectivity index (χ3n) is 4.67. The van der Waals surface area contributed by atoms with Crippen LogP contribution in [0.3, 0.4) is 0 Å². The highest BCUT2D eigenvalue weighted by Crippen LogP contribution is 2.28. The minimum absolute atomic E-state index is 0.248. The molecule has 0 spiro atoms. The van der Waals surface area contributed by atoms with Gasteiger partial charge in [-0.05, 0) is 43.9 Å². The minimum atomic E-state index is 0.248. The molecular formula is C18H34N4O2. The summed E-state index contributed by atoms with van der Waals surface area (Å²) in [6.07, 6.45) is 6.54. The number of guanidine groups is 1. The molecule has 0 aromatic heterocycles. The molecule has 1 heterocycles.